The van der Waals surface area contributed by atoms with E-state index in [0.29, 0.717) is 5.95 Å². The third-order valence-electron chi connectivity index (χ3n) is 6.66. The Morgan fingerprint density at radius 2 is 1.46 bits per heavy atom. The van der Waals surface area contributed by atoms with E-state index in [-0.39, 0.29) is 18.0 Å². The van der Waals surface area contributed by atoms with Crippen molar-refractivity contribution in [3.63, 3.8) is 0 Å². The Morgan fingerprint density at radius 3 is 2.23 bits per heavy atom. The van der Waals surface area contributed by atoms with Gasteiger partial charge in [-0.3, -0.25) is 4.79 Å². The summed E-state index contributed by atoms with van der Waals surface area (Å²) < 4.78 is 0. The Labute approximate surface area is 206 Å². The predicted octanol–water partition coefficient (Wildman–Crippen LogP) is 5.52. The molecule has 1 aliphatic carbocycles. The van der Waals surface area contributed by atoms with Crippen molar-refractivity contribution < 1.29 is 4.79 Å². The van der Waals surface area contributed by atoms with E-state index in [2.05, 4.69) is 16.7 Å². The number of carbonyl (C=O) groups is 1. The molecule has 1 aromatic heterocycles. The van der Waals surface area contributed by atoms with Crippen molar-refractivity contribution in [3.05, 3.63) is 84.4 Å². The molecule has 2 N–H and O–H groups in total. The van der Waals surface area contributed by atoms with E-state index in [0.717, 1.165) is 59.1 Å². The molecule has 1 aliphatic rings. The summed E-state index contributed by atoms with van der Waals surface area (Å²) >= 11 is 0. The van der Waals surface area contributed by atoms with E-state index >= 15 is 0 Å². The van der Waals surface area contributed by atoms with Crippen molar-refractivity contribution in [1.29, 1.82) is 0 Å². The summed E-state index contributed by atoms with van der Waals surface area (Å²) in [5.74, 6) is 1.57. The Morgan fingerprint density at radius 1 is 0.800 bits per heavy atom. The van der Waals surface area contributed by atoms with Gasteiger partial charge in [-0.1, -0.05) is 60.7 Å². The van der Waals surface area contributed by atoms with Gasteiger partial charge in [-0.2, -0.15) is 4.98 Å². The van der Waals surface area contributed by atoms with Crippen LogP contribution in [0.3, 0.4) is 0 Å². The van der Waals surface area contributed by atoms with Gasteiger partial charge in [0.2, 0.25) is 5.95 Å². The molecule has 0 radical (unpaired) electrons. The Kier molecular flexibility index (Phi) is 6.62. The third kappa shape index (κ3) is 5.11. The van der Waals surface area contributed by atoms with Gasteiger partial charge in [-0.15, -0.1) is 0 Å². The van der Waals surface area contributed by atoms with Gasteiger partial charge in [-0.25, -0.2) is 4.98 Å². The minimum Gasteiger partial charge on any atom is -0.362 e. The van der Waals surface area contributed by atoms with Crippen LogP contribution in [0.5, 0.6) is 0 Å². The number of benzene rings is 3. The molecule has 1 amide bonds. The van der Waals surface area contributed by atoms with Crippen LogP contribution in [0.1, 0.15) is 36.0 Å². The van der Waals surface area contributed by atoms with E-state index in [1.54, 1.807) is 0 Å². The number of anilines is 2. The molecule has 5 rings (SSSR count). The van der Waals surface area contributed by atoms with Crippen molar-refractivity contribution in [3.8, 4) is 11.1 Å². The molecule has 0 atom stereocenters. The molecule has 3 aromatic carbocycles. The molecule has 0 bridgehead atoms. The number of hydrogen-bond acceptors (Lipinski definition) is 5. The number of carbonyl (C=O) groups excluding carboxylic acids is 1. The molecule has 4 aromatic rings. The van der Waals surface area contributed by atoms with E-state index in [1.807, 2.05) is 91.8 Å². The maximum Gasteiger partial charge on any atom is 0.252 e. The highest BCUT2D eigenvalue weighted by Crippen LogP contribution is 2.27. The molecule has 6 heteroatoms. The number of amides is 1. The topological polar surface area (TPSA) is 70.2 Å². The molecule has 0 spiro atoms. The lowest BCUT2D eigenvalue weighted by atomic mass is 9.90. The summed E-state index contributed by atoms with van der Waals surface area (Å²) in [4.78, 5) is 24.7. The molecule has 35 heavy (non-hydrogen) atoms. The van der Waals surface area contributed by atoms with Gasteiger partial charge in [0, 0.05) is 37.1 Å². The zero-order valence-electron chi connectivity index (χ0n) is 20.2. The lowest BCUT2D eigenvalue weighted by Crippen LogP contribution is -2.40. The summed E-state index contributed by atoms with van der Waals surface area (Å²) in [6.45, 7) is 0. The molecule has 0 saturated heterocycles. The molecule has 0 aliphatic heterocycles. The number of rotatable bonds is 6. The van der Waals surface area contributed by atoms with Crippen molar-refractivity contribution in [2.24, 2.45) is 0 Å². The largest absolute Gasteiger partial charge is 0.362 e. The molecular weight excluding hydrogens is 434 g/mol. The van der Waals surface area contributed by atoms with Crippen LogP contribution in [0.15, 0.2) is 78.9 Å². The highest BCUT2D eigenvalue weighted by atomic mass is 16.1. The van der Waals surface area contributed by atoms with Gasteiger partial charge in [-0.05, 0) is 55.0 Å². The fourth-order valence-electron chi connectivity index (χ4n) is 4.84. The second kappa shape index (κ2) is 10.1. The smallest absolute Gasteiger partial charge is 0.252 e. The summed E-state index contributed by atoms with van der Waals surface area (Å²) in [6.07, 6.45) is 3.76. The number of nitrogens with one attached hydrogen (secondary N) is 2. The van der Waals surface area contributed by atoms with E-state index in [9.17, 15) is 4.79 Å². The first-order chi connectivity index (χ1) is 17.1. The fourth-order valence-corrected chi connectivity index (χ4v) is 4.84. The summed E-state index contributed by atoms with van der Waals surface area (Å²) in [7, 11) is 4.00. The van der Waals surface area contributed by atoms with Crippen molar-refractivity contribution in [2.75, 3.05) is 24.3 Å². The number of fused-ring (bicyclic) bond motifs is 1. The van der Waals surface area contributed by atoms with Gasteiger partial charge in [0.15, 0.2) is 0 Å². The van der Waals surface area contributed by atoms with Gasteiger partial charge in [0.25, 0.3) is 5.91 Å². The standard InChI is InChI=1S/C29H31N5O/c1-34(2)27-25-14-8-9-15-26(25)32-29(33-27)31-22-18-16-21(17-19-22)30-28(35)24-13-7-6-12-23(24)20-10-4-3-5-11-20/h3-15,21-22H,16-19H2,1-2H3,(H,30,35)(H,31,32,33)/t21-,22+. The normalized spacial score (nSPS) is 17.7. The van der Waals surface area contributed by atoms with Crippen LogP contribution in [0.4, 0.5) is 11.8 Å². The SMILES string of the molecule is CN(C)c1nc(N[C@H]2CC[C@@H](NC(=O)c3ccccc3-c3ccccc3)CC2)nc2ccccc12. The summed E-state index contributed by atoms with van der Waals surface area (Å²) in [5, 5.41) is 7.86. The Hall–Kier alpha value is -3.93. The Balaban J connectivity index is 1.22. The average molecular weight is 466 g/mol. The summed E-state index contributed by atoms with van der Waals surface area (Å²) in [5.41, 5.74) is 3.68. The zero-order chi connectivity index (χ0) is 24.2. The van der Waals surface area contributed by atoms with Crippen LogP contribution in [-0.2, 0) is 0 Å². The van der Waals surface area contributed by atoms with E-state index in [4.69, 9.17) is 9.97 Å². The van der Waals surface area contributed by atoms with Gasteiger partial charge in [0.1, 0.15) is 5.82 Å². The van der Waals surface area contributed by atoms with Gasteiger partial charge >= 0.3 is 0 Å². The summed E-state index contributed by atoms with van der Waals surface area (Å²) in [6, 6.07) is 26.4. The third-order valence-corrected chi connectivity index (χ3v) is 6.66. The van der Waals surface area contributed by atoms with E-state index in [1.165, 1.54) is 0 Å². The Bertz CT molecular complexity index is 1310. The minimum atomic E-state index is -0.00523. The molecular formula is C29H31N5O. The van der Waals surface area contributed by atoms with Crippen molar-refractivity contribution >= 4 is 28.6 Å². The molecule has 0 unspecified atom stereocenters. The fraction of sp³-hybridized carbons (Fsp3) is 0.276. The highest BCUT2D eigenvalue weighted by molar-refractivity contribution is 6.01. The lowest BCUT2D eigenvalue weighted by molar-refractivity contribution is 0.0927. The first-order valence-corrected chi connectivity index (χ1v) is 12.2. The van der Waals surface area contributed by atoms with Crippen LogP contribution < -0.4 is 15.5 Å². The van der Waals surface area contributed by atoms with Crippen LogP contribution in [0.25, 0.3) is 22.0 Å². The van der Waals surface area contributed by atoms with Crippen LogP contribution in [-0.4, -0.2) is 42.1 Å². The maximum atomic E-state index is 13.2. The lowest BCUT2D eigenvalue weighted by Gasteiger charge is -2.30. The van der Waals surface area contributed by atoms with Crippen molar-refractivity contribution in [2.45, 2.75) is 37.8 Å². The first kappa shape index (κ1) is 22.8. The molecule has 178 valence electrons. The monoisotopic (exact) mass is 465 g/mol. The van der Waals surface area contributed by atoms with Crippen molar-refractivity contribution in [1.82, 2.24) is 15.3 Å². The highest BCUT2D eigenvalue weighted by Gasteiger charge is 2.24. The van der Waals surface area contributed by atoms with Crippen LogP contribution in [0, 0.1) is 0 Å². The number of hydrogen-bond donors (Lipinski definition) is 2. The second-order valence-electron chi connectivity index (χ2n) is 9.36. The van der Waals surface area contributed by atoms with Gasteiger partial charge in [0.05, 0.1) is 5.52 Å². The van der Waals surface area contributed by atoms with Gasteiger partial charge < -0.3 is 15.5 Å². The maximum absolute atomic E-state index is 13.2. The average Bonchev–Trinajstić information content (AvgIpc) is 2.90. The zero-order valence-corrected chi connectivity index (χ0v) is 20.2. The second-order valence-corrected chi connectivity index (χ2v) is 9.36. The molecule has 1 saturated carbocycles. The quantitative estimate of drug-likeness (QED) is 0.393. The molecule has 6 nitrogen and oxygen atoms in total. The van der Waals surface area contributed by atoms with Crippen LogP contribution in [0.2, 0.25) is 0 Å². The number of aromatic nitrogens is 2. The van der Waals surface area contributed by atoms with Crippen LogP contribution >= 0.6 is 0 Å². The molecule has 1 heterocycles. The number of nitrogens with zero attached hydrogens (tertiary/aromatic N) is 3. The first-order valence-electron chi connectivity index (χ1n) is 12.2. The molecule has 1 fully saturated rings. The predicted molar refractivity (Wildman–Crippen MR) is 143 cm³/mol. The number of para-hydroxylation sites is 1. The van der Waals surface area contributed by atoms with E-state index < -0.39 is 0 Å². The minimum absolute atomic E-state index is 0.00523.